The molecule has 0 spiro atoms. The van der Waals surface area contributed by atoms with Gasteiger partial charge in [0.05, 0.1) is 18.1 Å². The number of fused-ring (bicyclic) bond motifs is 3. The first-order chi connectivity index (χ1) is 14.5. The molecule has 2 N–H and O–H groups in total. The molecule has 1 amide bonds. The Morgan fingerprint density at radius 2 is 1.93 bits per heavy atom. The topological polar surface area (TPSA) is 103 Å². The molecule has 0 saturated heterocycles. The number of rotatable bonds is 10. The lowest BCUT2D eigenvalue weighted by Gasteiger charge is -2.18. The van der Waals surface area contributed by atoms with Crippen molar-refractivity contribution in [1.82, 2.24) is 24.9 Å². The van der Waals surface area contributed by atoms with Crippen LogP contribution in [0.25, 0.3) is 16.7 Å². The quantitative estimate of drug-likeness (QED) is 0.492. The van der Waals surface area contributed by atoms with E-state index < -0.39 is 6.10 Å². The third kappa shape index (κ3) is 4.62. The maximum atomic E-state index is 12.1. The van der Waals surface area contributed by atoms with Crippen LogP contribution < -0.4 is 15.4 Å². The number of aromatic nitrogens is 4. The third-order valence-electron chi connectivity index (χ3n) is 5.01. The molecular formula is C21H30N6O3. The monoisotopic (exact) mass is 414 g/mol. The van der Waals surface area contributed by atoms with Gasteiger partial charge in [-0.2, -0.15) is 0 Å². The molecule has 0 aliphatic carbocycles. The summed E-state index contributed by atoms with van der Waals surface area (Å²) >= 11 is 0. The number of hydrogen-bond donors (Lipinski definition) is 2. The predicted molar refractivity (Wildman–Crippen MR) is 116 cm³/mol. The average Bonchev–Trinajstić information content (AvgIpc) is 3.12. The Morgan fingerprint density at radius 3 is 2.63 bits per heavy atom. The molecule has 0 aliphatic heterocycles. The number of nitrogens with zero attached hydrogens (tertiary/aromatic N) is 4. The van der Waals surface area contributed by atoms with Crippen molar-refractivity contribution in [2.75, 3.05) is 32.6 Å². The Hall–Kier alpha value is -2.94. The Balaban J connectivity index is 1.61. The molecule has 0 radical (unpaired) electrons. The molecule has 0 unspecified atom stereocenters. The fourth-order valence-electron chi connectivity index (χ4n) is 3.45. The van der Waals surface area contributed by atoms with E-state index in [9.17, 15) is 4.79 Å². The standard InChI is InChI=1S/C21H30N6O3/c1-13(2)18(30-5)21(28)23-11-7-6-10-22-19-20-26-25-14(3)27(20)17-9-8-15(29-4)12-16(17)24-19/h8-9,12-13,18H,6-7,10-11H2,1-5H3,(H,22,24)(H,23,28)/t18-/m1/s1. The van der Waals surface area contributed by atoms with E-state index >= 15 is 0 Å². The Morgan fingerprint density at radius 1 is 1.17 bits per heavy atom. The SMILES string of the molecule is COc1ccc2c(c1)nc(NCCCCNC(=O)[C@H](OC)C(C)C)c1nnc(C)n12. The van der Waals surface area contributed by atoms with Crippen LogP contribution in [-0.4, -0.2) is 58.9 Å². The molecular weight excluding hydrogens is 384 g/mol. The van der Waals surface area contributed by atoms with Crippen LogP contribution in [0.3, 0.4) is 0 Å². The van der Waals surface area contributed by atoms with Gasteiger partial charge in [-0.3, -0.25) is 9.20 Å². The zero-order valence-electron chi connectivity index (χ0n) is 18.2. The number of hydrogen-bond acceptors (Lipinski definition) is 7. The minimum atomic E-state index is -0.411. The van der Waals surface area contributed by atoms with Gasteiger partial charge in [0.2, 0.25) is 11.6 Å². The van der Waals surface area contributed by atoms with E-state index in [1.165, 1.54) is 0 Å². The van der Waals surface area contributed by atoms with E-state index in [2.05, 4.69) is 20.8 Å². The molecule has 0 bridgehead atoms. The molecule has 2 aromatic heterocycles. The Labute approximate surface area is 176 Å². The summed E-state index contributed by atoms with van der Waals surface area (Å²) in [5.41, 5.74) is 2.43. The third-order valence-corrected chi connectivity index (χ3v) is 5.01. The first kappa shape index (κ1) is 21.8. The summed E-state index contributed by atoms with van der Waals surface area (Å²) in [7, 11) is 3.20. The highest BCUT2D eigenvalue weighted by Crippen LogP contribution is 2.25. The normalized spacial score (nSPS) is 12.5. The highest BCUT2D eigenvalue weighted by molar-refractivity contribution is 5.84. The van der Waals surface area contributed by atoms with Gasteiger partial charge in [-0.05, 0) is 37.8 Å². The van der Waals surface area contributed by atoms with Crippen molar-refractivity contribution in [3.63, 3.8) is 0 Å². The average molecular weight is 415 g/mol. The lowest BCUT2D eigenvalue weighted by atomic mass is 10.1. The summed E-state index contributed by atoms with van der Waals surface area (Å²) in [6.07, 6.45) is 1.30. The number of nitrogens with one attached hydrogen (secondary N) is 2. The number of unbranched alkanes of at least 4 members (excludes halogenated alkanes) is 1. The number of ether oxygens (including phenoxy) is 2. The summed E-state index contributed by atoms with van der Waals surface area (Å²) in [6, 6.07) is 5.76. The van der Waals surface area contributed by atoms with Crippen LogP contribution in [0.15, 0.2) is 18.2 Å². The molecule has 162 valence electrons. The molecule has 0 aliphatic rings. The van der Waals surface area contributed by atoms with Gasteiger partial charge in [0.1, 0.15) is 17.7 Å². The number of carbonyl (C=O) groups is 1. The van der Waals surface area contributed by atoms with E-state index in [1.807, 2.05) is 43.4 Å². The summed E-state index contributed by atoms with van der Waals surface area (Å²) in [4.78, 5) is 16.8. The van der Waals surface area contributed by atoms with Crippen molar-refractivity contribution in [2.45, 2.75) is 39.7 Å². The largest absolute Gasteiger partial charge is 0.497 e. The van der Waals surface area contributed by atoms with Crippen LogP contribution in [-0.2, 0) is 9.53 Å². The van der Waals surface area contributed by atoms with Crippen LogP contribution in [0.5, 0.6) is 5.75 Å². The minimum Gasteiger partial charge on any atom is -0.497 e. The number of benzene rings is 1. The van der Waals surface area contributed by atoms with E-state index in [1.54, 1.807) is 14.2 Å². The summed E-state index contributed by atoms with van der Waals surface area (Å²) in [6.45, 7) is 7.17. The first-order valence-electron chi connectivity index (χ1n) is 10.2. The van der Waals surface area contributed by atoms with Crippen LogP contribution in [0.1, 0.15) is 32.5 Å². The van der Waals surface area contributed by atoms with E-state index in [-0.39, 0.29) is 11.8 Å². The summed E-state index contributed by atoms with van der Waals surface area (Å²) in [5.74, 6) is 2.30. The fraction of sp³-hybridized carbons (Fsp3) is 0.524. The molecule has 9 heteroatoms. The lowest BCUT2D eigenvalue weighted by molar-refractivity contribution is -0.133. The van der Waals surface area contributed by atoms with Gasteiger partial charge in [-0.25, -0.2) is 4.98 Å². The zero-order valence-corrected chi connectivity index (χ0v) is 18.2. The van der Waals surface area contributed by atoms with Gasteiger partial charge in [0, 0.05) is 26.3 Å². The number of amides is 1. The molecule has 0 fully saturated rings. The summed E-state index contributed by atoms with van der Waals surface area (Å²) in [5, 5.41) is 14.8. The molecule has 1 aromatic carbocycles. The molecule has 3 aromatic rings. The lowest BCUT2D eigenvalue weighted by Crippen LogP contribution is -2.39. The van der Waals surface area contributed by atoms with Crippen LogP contribution >= 0.6 is 0 Å². The summed E-state index contributed by atoms with van der Waals surface area (Å²) < 4.78 is 12.6. The Kier molecular flexibility index (Phi) is 7.04. The first-order valence-corrected chi connectivity index (χ1v) is 10.2. The van der Waals surface area contributed by atoms with Gasteiger partial charge in [-0.1, -0.05) is 13.8 Å². The highest BCUT2D eigenvalue weighted by atomic mass is 16.5. The number of anilines is 1. The predicted octanol–water partition coefficient (Wildman–Crippen LogP) is 2.57. The minimum absolute atomic E-state index is 0.0637. The van der Waals surface area contributed by atoms with Crippen molar-refractivity contribution in [2.24, 2.45) is 5.92 Å². The van der Waals surface area contributed by atoms with Gasteiger partial charge in [0.25, 0.3) is 0 Å². The van der Waals surface area contributed by atoms with Crippen LogP contribution in [0.4, 0.5) is 5.82 Å². The second-order valence-electron chi connectivity index (χ2n) is 7.55. The van der Waals surface area contributed by atoms with Crippen LogP contribution in [0.2, 0.25) is 0 Å². The fourth-order valence-corrected chi connectivity index (χ4v) is 3.45. The second-order valence-corrected chi connectivity index (χ2v) is 7.55. The van der Waals surface area contributed by atoms with Gasteiger partial charge < -0.3 is 20.1 Å². The number of carbonyl (C=O) groups excluding carboxylic acids is 1. The van der Waals surface area contributed by atoms with Crippen molar-refractivity contribution >= 4 is 28.4 Å². The molecule has 9 nitrogen and oxygen atoms in total. The van der Waals surface area contributed by atoms with Crippen molar-refractivity contribution < 1.29 is 14.3 Å². The van der Waals surface area contributed by atoms with Crippen molar-refractivity contribution in [3.8, 4) is 5.75 Å². The highest BCUT2D eigenvalue weighted by Gasteiger charge is 2.20. The van der Waals surface area contributed by atoms with E-state index in [0.717, 1.165) is 35.4 Å². The number of aryl methyl sites for hydroxylation is 1. The maximum Gasteiger partial charge on any atom is 0.249 e. The molecule has 30 heavy (non-hydrogen) atoms. The molecule has 0 saturated carbocycles. The van der Waals surface area contributed by atoms with Crippen LogP contribution in [0, 0.1) is 12.8 Å². The maximum absolute atomic E-state index is 12.1. The molecule has 2 heterocycles. The van der Waals surface area contributed by atoms with Crippen molar-refractivity contribution in [1.29, 1.82) is 0 Å². The second kappa shape index (κ2) is 9.71. The van der Waals surface area contributed by atoms with Crippen molar-refractivity contribution in [3.05, 3.63) is 24.0 Å². The smallest absolute Gasteiger partial charge is 0.249 e. The molecule has 3 rings (SSSR count). The molecule has 1 atom stereocenters. The number of methoxy groups -OCH3 is 2. The zero-order chi connectivity index (χ0) is 21.7. The van der Waals surface area contributed by atoms with Gasteiger partial charge >= 0.3 is 0 Å². The van der Waals surface area contributed by atoms with Gasteiger partial charge in [0.15, 0.2) is 5.82 Å². The van der Waals surface area contributed by atoms with E-state index in [0.29, 0.717) is 24.6 Å². The van der Waals surface area contributed by atoms with E-state index in [4.69, 9.17) is 14.5 Å². The Bertz CT molecular complexity index is 1020. The van der Waals surface area contributed by atoms with Gasteiger partial charge in [-0.15, -0.1) is 10.2 Å².